The van der Waals surface area contributed by atoms with Crippen LogP contribution in [0, 0.1) is 0 Å². The Morgan fingerprint density at radius 1 is 1.23 bits per heavy atom. The quantitative estimate of drug-likeness (QED) is 0.685. The van der Waals surface area contributed by atoms with Crippen LogP contribution in [0.1, 0.15) is 12.5 Å². The van der Waals surface area contributed by atoms with Gasteiger partial charge in [0.05, 0.1) is 17.8 Å². The number of benzene rings is 2. The van der Waals surface area contributed by atoms with Gasteiger partial charge in [-0.15, -0.1) is 0 Å². The van der Waals surface area contributed by atoms with Gasteiger partial charge in [-0.25, -0.2) is 0 Å². The number of hydrogen-bond acceptors (Lipinski definition) is 1. The molecular formula is C18H15BrN2O. The maximum absolute atomic E-state index is 12.7. The van der Waals surface area contributed by atoms with Crippen molar-refractivity contribution >= 4 is 38.4 Å². The topological polar surface area (TPSA) is 36.1 Å². The summed E-state index contributed by atoms with van der Waals surface area (Å²) in [5.41, 5.74) is 5.30. The third kappa shape index (κ3) is 1.91. The van der Waals surface area contributed by atoms with Crippen LogP contribution in [0.2, 0.25) is 0 Å². The molecule has 1 N–H and O–H groups in total. The number of carbonyl (C=O) groups is 1. The molecular weight excluding hydrogens is 340 g/mol. The van der Waals surface area contributed by atoms with E-state index >= 15 is 0 Å². The van der Waals surface area contributed by atoms with Gasteiger partial charge in [-0.1, -0.05) is 34.1 Å². The van der Waals surface area contributed by atoms with Crippen LogP contribution >= 0.6 is 15.9 Å². The Balaban J connectivity index is 2.07. The zero-order valence-corrected chi connectivity index (χ0v) is 13.8. The van der Waals surface area contributed by atoms with Crippen molar-refractivity contribution in [3.63, 3.8) is 0 Å². The van der Waals surface area contributed by atoms with Gasteiger partial charge < -0.3 is 9.88 Å². The van der Waals surface area contributed by atoms with Gasteiger partial charge in [0.25, 0.3) is 0 Å². The van der Waals surface area contributed by atoms with E-state index in [1.165, 1.54) is 0 Å². The van der Waals surface area contributed by atoms with E-state index in [9.17, 15) is 4.79 Å². The molecule has 110 valence electrons. The summed E-state index contributed by atoms with van der Waals surface area (Å²) in [6, 6.07) is 14.3. The number of para-hydroxylation sites is 1. The Labute approximate surface area is 137 Å². The van der Waals surface area contributed by atoms with E-state index in [1.807, 2.05) is 36.1 Å². The van der Waals surface area contributed by atoms with Crippen LogP contribution in [0.25, 0.3) is 22.2 Å². The van der Waals surface area contributed by atoms with Gasteiger partial charge >= 0.3 is 0 Å². The number of carbonyl (C=O) groups excluding carboxylic acids is 1. The van der Waals surface area contributed by atoms with E-state index in [0.29, 0.717) is 13.0 Å². The van der Waals surface area contributed by atoms with Gasteiger partial charge in [0, 0.05) is 27.5 Å². The molecule has 3 nitrogen and oxygen atoms in total. The molecule has 1 aliphatic rings. The molecule has 0 spiro atoms. The summed E-state index contributed by atoms with van der Waals surface area (Å²) in [5, 5.41) is 1.12. The highest BCUT2D eigenvalue weighted by molar-refractivity contribution is 9.10. The smallest absolute Gasteiger partial charge is 0.231 e. The average molecular weight is 355 g/mol. The number of halogens is 1. The Morgan fingerprint density at radius 3 is 2.86 bits per heavy atom. The number of fused-ring (bicyclic) bond motifs is 5. The Kier molecular flexibility index (Phi) is 3.08. The molecule has 0 saturated heterocycles. The van der Waals surface area contributed by atoms with Crippen LogP contribution < -0.4 is 4.90 Å². The highest BCUT2D eigenvalue weighted by Crippen LogP contribution is 2.39. The van der Waals surface area contributed by atoms with Gasteiger partial charge in [0.1, 0.15) is 0 Å². The maximum atomic E-state index is 12.7. The minimum atomic E-state index is 0.148. The summed E-state index contributed by atoms with van der Waals surface area (Å²) in [7, 11) is 0. The van der Waals surface area contributed by atoms with Gasteiger partial charge in [0.2, 0.25) is 5.91 Å². The van der Waals surface area contributed by atoms with Crippen molar-refractivity contribution in [3.05, 3.63) is 52.5 Å². The predicted octanol–water partition coefficient (Wildman–Crippen LogP) is 4.51. The normalized spacial score (nSPS) is 13.9. The molecule has 0 atom stereocenters. The second-order valence-electron chi connectivity index (χ2n) is 5.50. The average Bonchev–Trinajstić information content (AvgIpc) is 2.81. The first kappa shape index (κ1) is 13.6. The number of amides is 1. The summed E-state index contributed by atoms with van der Waals surface area (Å²) in [6.45, 7) is 2.70. The number of anilines is 1. The van der Waals surface area contributed by atoms with E-state index in [2.05, 4.69) is 39.1 Å². The van der Waals surface area contributed by atoms with Crippen LogP contribution in [0.4, 0.5) is 5.69 Å². The lowest BCUT2D eigenvalue weighted by Crippen LogP contribution is -2.31. The van der Waals surface area contributed by atoms with Crippen LogP contribution in [0.15, 0.2) is 46.9 Å². The molecule has 0 radical (unpaired) electrons. The number of nitrogens with zero attached hydrogens (tertiary/aromatic N) is 1. The van der Waals surface area contributed by atoms with Gasteiger partial charge in [-0.2, -0.15) is 0 Å². The molecule has 2 heterocycles. The molecule has 4 rings (SSSR count). The van der Waals surface area contributed by atoms with Crippen molar-refractivity contribution in [2.45, 2.75) is 13.3 Å². The Hall–Kier alpha value is -2.07. The van der Waals surface area contributed by atoms with Crippen molar-refractivity contribution in [2.75, 3.05) is 11.4 Å². The first-order valence-electron chi connectivity index (χ1n) is 7.39. The summed E-state index contributed by atoms with van der Waals surface area (Å²) in [5.74, 6) is 0.148. The van der Waals surface area contributed by atoms with Crippen molar-refractivity contribution in [1.82, 2.24) is 4.98 Å². The van der Waals surface area contributed by atoms with Crippen molar-refractivity contribution < 1.29 is 4.79 Å². The Bertz CT molecular complexity index is 897. The van der Waals surface area contributed by atoms with Crippen LogP contribution in [0.5, 0.6) is 0 Å². The molecule has 4 heteroatoms. The van der Waals surface area contributed by atoms with E-state index in [1.54, 1.807) is 0 Å². The zero-order chi connectivity index (χ0) is 15.3. The first-order chi connectivity index (χ1) is 10.7. The van der Waals surface area contributed by atoms with E-state index in [4.69, 9.17) is 0 Å². The number of H-pyrrole nitrogens is 1. The van der Waals surface area contributed by atoms with Crippen LogP contribution in [0.3, 0.4) is 0 Å². The predicted molar refractivity (Wildman–Crippen MR) is 93.2 cm³/mol. The van der Waals surface area contributed by atoms with Crippen LogP contribution in [-0.4, -0.2) is 17.4 Å². The number of hydrogen-bond donors (Lipinski definition) is 1. The summed E-state index contributed by atoms with van der Waals surface area (Å²) in [4.78, 5) is 18.1. The summed E-state index contributed by atoms with van der Waals surface area (Å²) < 4.78 is 1.03. The number of nitrogens with one attached hydrogen (secondary N) is 1. The van der Waals surface area contributed by atoms with E-state index in [0.717, 1.165) is 37.9 Å². The standard InChI is InChI=1S/C18H15BrN2O/c1-2-21-16-6-4-3-5-12(16)18-14(10-17(21)22)13-9-11(19)7-8-15(13)20-18/h3-9,20H,2,10H2,1H3. The lowest BCUT2D eigenvalue weighted by Gasteiger charge is -2.21. The second-order valence-corrected chi connectivity index (χ2v) is 6.42. The lowest BCUT2D eigenvalue weighted by atomic mass is 10.0. The minimum Gasteiger partial charge on any atom is -0.354 e. The third-order valence-corrected chi connectivity index (χ3v) is 4.77. The zero-order valence-electron chi connectivity index (χ0n) is 12.2. The number of likely N-dealkylation sites (N-methyl/N-ethyl adjacent to an activating group) is 1. The lowest BCUT2D eigenvalue weighted by molar-refractivity contribution is -0.117. The summed E-state index contributed by atoms with van der Waals surface area (Å²) >= 11 is 3.53. The third-order valence-electron chi connectivity index (χ3n) is 4.28. The SMILES string of the molecule is CCN1C(=O)Cc2c([nH]c3ccc(Br)cc23)-c2ccccc21. The van der Waals surface area contributed by atoms with Gasteiger partial charge in [-0.3, -0.25) is 4.79 Å². The molecule has 2 aromatic carbocycles. The number of rotatable bonds is 1. The molecule has 1 aromatic heterocycles. The fraction of sp³-hybridized carbons (Fsp3) is 0.167. The number of aromatic nitrogens is 1. The summed E-state index contributed by atoms with van der Waals surface area (Å²) in [6.07, 6.45) is 0.425. The molecule has 0 fully saturated rings. The van der Waals surface area contributed by atoms with E-state index < -0.39 is 0 Å². The second kappa shape index (κ2) is 4.99. The molecule has 0 bridgehead atoms. The first-order valence-corrected chi connectivity index (χ1v) is 8.18. The van der Waals surface area contributed by atoms with Gasteiger partial charge in [-0.05, 0) is 36.8 Å². The molecule has 0 unspecified atom stereocenters. The highest BCUT2D eigenvalue weighted by atomic mass is 79.9. The Morgan fingerprint density at radius 2 is 2.05 bits per heavy atom. The molecule has 3 aromatic rings. The van der Waals surface area contributed by atoms with E-state index in [-0.39, 0.29) is 5.91 Å². The molecule has 22 heavy (non-hydrogen) atoms. The maximum Gasteiger partial charge on any atom is 0.231 e. The fourth-order valence-corrected chi connectivity index (χ4v) is 3.64. The molecule has 0 saturated carbocycles. The largest absolute Gasteiger partial charge is 0.354 e. The van der Waals surface area contributed by atoms with Crippen molar-refractivity contribution in [1.29, 1.82) is 0 Å². The highest BCUT2D eigenvalue weighted by Gasteiger charge is 2.27. The van der Waals surface area contributed by atoms with Crippen LogP contribution in [-0.2, 0) is 11.2 Å². The van der Waals surface area contributed by atoms with Crippen molar-refractivity contribution in [3.8, 4) is 11.3 Å². The molecule has 0 aliphatic carbocycles. The minimum absolute atomic E-state index is 0.148. The van der Waals surface area contributed by atoms with Gasteiger partial charge in [0.15, 0.2) is 0 Å². The number of aromatic amines is 1. The fourth-order valence-electron chi connectivity index (χ4n) is 3.28. The molecule has 1 aliphatic heterocycles. The monoisotopic (exact) mass is 354 g/mol. The van der Waals surface area contributed by atoms with Crippen molar-refractivity contribution in [2.24, 2.45) is 0 Å². The molecule has 1 amide bonds.